The Balaban J connectivity index is 1.72. The van der Waals surface area contributed by atoms with Gasteiger partial charge in [0.15, 0.2) is 0 Å². The van der Waals surface area contributed by atoms with Crippen molar-refractivity contribution in [1.82, 2.24) is 4.90 Å². The average Bonchev–Trinajstić information content (AvgIpc) is 3.15. The fourth-order valence-corrected chi connectivity index (χ4v) is 3.52. The molecule has 1 N–H and O–H groups in total. The minimum absolute atomic E-state index is 0.0878. The number of hydrogen-bond donors (Lipinski definition) is 1. The summed E-state index contributed by atoms with van der Waals surface area (Å²) >= 11 is 4.20. The van der Waals surface area contributed by atoms with Crippen LogP contribution in [0.5, 0.6) is 0 Å². The molecule has 1 aliphatic heterocycles. The van der Waals surface area contributed by atoms with Crippen molar-refractivity contribution in [3.63, 3.8) is 0 Å². The lowest BCUT2D eigenvalue weighted by molar-refractivity contribution is -0.137. The molecule has 0 saturated carbocycles. The van der Waals surface area contributed by atoms with Gasteiger partial charge < -0.3 is 9.52 Å². The zero-order valence-corrected chi connectivity index (χ0v) is 15.9. The molecule has 26 heavy (non-hydrogen) atoms. The van der Waals surface area contributed by atoms with Crippen molar-refractivity contribution in [1.29, 1.82) is 0 Å². The number of halogens is 1. The molecule has 1 aliphatic rings. The molecule has 1 fully saturated rings. The number of furan rings is 1. The molecule has 3 rings (SSSR count). The number of rotatable bonds is 6. The van der Waals surface area contributed by atoms with Crippen molar-refractivity contribution < 1.29 is 23.9 Å². The second kappa shape index (κ2) is 7.92. The van der Waals surface area contributed by atoms with E-state index in [1.165, 1.54) is 6.08 Å². The minimum Gasteiger partial charge on any atom is -0.481 e. The first-order valence-electron chi connectivity index (χ1n) is 7.77. The Morgan fingerprint density at radius 2 is 1.92 bits per heavy atom. The number of imide groups is 1. The molecule has 1 saturated heterocycles. The summed E-state index contributed by atoms with van der Waals surface area (Å²) in [5, 5.41) is 8.26. The second-order valence-electron chi connectivity index (χ2n) is 5.54. The number of aliphatic carboxylic acids is 1. The molecule has 1 aromatic heterocycles. The van der Waals surface area contributed by atoms with E-state index < -0.39 is 17.1 Å². The number of amides is 2. The summed E-state index contributed by atoms with van der Waals surface area (Å²) in [5.41, 5.74) is 0.898. The lowest BCUT2D eigenvalue weighted by atomic mass is 10.2. The Kier molecular flexibility index (Phi) is 5.63. The lowest BCUT2D eigenvalue weighted by Gasteiger charge is -2.10. The van der Waals surface area contributed by atoms with Crippen LogP contribution in [0.1, 0.15) is 18.6 Å². The normalized spacial score (nSPS) is 15.9. The fourth-order valence-electron chi connectivity index (χ4n) is 2.41. The van der Waals surface area contributed by atoms with Crippen molar-refractivity contribution >= 4 is 50.9 Å². The summed E-state index contributed by atoms with van der Waals surface area (Å²) in [6.45, 7) is 0.0939. The number of carboxylic acids is 1. The van der Waals surface area contributed by atoms with Gasteiger partial charge in [0.2, 0.25) is 0 Å². The first-order chi connectivity index (χ1) is 12.4. The van der Waals surface area contributed by atoms with Gasteiger partial charge in [-0.15, -0.1) is 0 Å². The van der Waals surface area contributed by atoms with Crippen LogP contribution in [0.2, 0.25) is 0 Å². The van der Waals surface area contributed by atoms with Crippen molar-refractivity contribution in [2.24, 2.45) is 0 Å². The molecule has 8 heteroatoms. The van der Waals surface area contributed by atoms with E-state index in [1.54, 1.807) is 12.1 Å². The number of thioether (sulfide) groups is 1. The zero-order chi connectivity index (χ0) is 18.7. The highest BCUT2D eigenvalue weighted by Crippen LogP contribution is 2.33. The van der Waals surface area contributed by atoms with Crippen LogP contribution in [-0.4, -0.2) is 33.7 Å². The van der Waals surface area contributed by atoms with Crippen molar-refractivity contribution in [2.75, 3.05) is 6.54 Å². The van der Waals surface area contributed by atoms with E-state index in [9.17, 15) is 14.4 Å². The molecule has 134 valence electrons. The van der Waals surface area contributed by atoms with Gasteiger partial charge in [-0.05, 0) is 42.4 Å². The predicted octanol–water partition coefficient (Wildman–Crippen LogP) is 4.61. The summed E-state index contributed by atoms with van der Waals surface area (Å²) < 4.78 is 6.70. The Bertz CT molecular complexity index is 887. The monoisotopic (exact) mass is 435 g/mol. The Morgan fingerprint density at radius 3 is 2.62 bits per heavy atom. The highest BCUT2D eigenvalue weighted by Gasteiger charge is 2.34. The highest BCUT2D eigenvalue weighted by molar-refractivity contribution is 9.10. The van der Waals surface area contributed by atoms with Gasteiger partial charge in [0.05, 0.1) is 4.91 Å². The third kappa shape index (κ3) is 4.25. The quantitative estimate of drug-likeness (QED) is 0.666. The van der Waals surface area contributed by atoms with Gasteiger partial charge in [0.25, 0.3) is 11.1 Å². The van der Waals surface area contributed by atoms with Gasteiger partial charge in [-0.25, -0.2) is 0 Å². The maximum absolute atomic E-state index is 12.3. The van der Waals surface area contributed by atoms with E-state index in [-0.39, 0.29) is 24.3 Å². The second-order valence-corrected chi connectivity index (χ2v) is 7.45. The fraction of sp³-hybridized carbons (Fsp3) is 0.167. The highest BCUT2D eigenvalue weighted by atomic mass is 79.9. The molecule has 0 bridgehead atoms. The van der Waals surface area contributed by atoms with E-state index in [0.717, 1.165) is 26.7 Å². The molecule has 0 aliphatic carbocycles. The molecule has 0 unspecified atom stereocenters. The molecule has 0 radical (unpaired) electrons. The van der Waals surface area contributed by atoms with Crippen LogP contribution < -0.4 is 0 Å². The van der Waals surface area contributed by atoms with E-state index >= 15 is 0 Å². The van der Waals surface area contributed by atoms with Crippen LogP contribution in [-0.2, 0) is 9.59 Å². The Hall–Kier alpha value is -2.32. The number of carboxylic acid groups (broad SMARTS) is 1. The van der Waals surface area contributed by atoms with Crippen LogP contribution in [0.4, 0.5) is 4.79 Å². The van der Waals surface area contributed by atoms with Crippen molar-refractivity contribution in [2.45, 2.75) is 12.8 Å². The largest absolute Gasteiger partial charge is 0.481 e. The molecule has 0 atom stereocenters. The summed E-state index contributed by atoms with van der Waals surface area (Å²) in [5.74, 6) is -0.251. The van der Waals surface area contributed by atoms with Crippen LogP contribution in [0.3, 0.4) is 0 Å². The van der Waals surface area contributed by atoms with Crippen molar-refractivity contribution in [3.8, 4) is 11.3 Å². The van der Waals surface area contributed by atoms with Crippen LogP contribution in [0.15, 0.2) is 50.2 Å². The third-order valence-corrected chi connectivity index (χ3v) is 5.11. The van der Waals surface area contributed by atoms with Gasteiger partial charge in [0, 0.05) is 29.1 Å². The molecule has 2 heterocycles. The first-order valence-corrected chi connectivity index (χ1v) is 9.38. The molecular weight excluding hydrogens is 422 g/mol. The van der Waals surface area contributed by atoms with E-state index in [4.69, 9.17) is 9.52 Å². The Labute approximate surface area is 162 Å². The molecule has 2 aromatic rings. The molecule has 6 nitrogen and oxygen atoms in total. The summed E-state index contributed by atoms with van der Waals surface area (Å²) in [4.78, 5) is 36.2. The smallest absolute Gasteiger partial charge is 0.303 e. The van der Waals surface area contributed by atoms with E-state index in [1.807, 2.05) is 24.3 Å². The Morgan fingerprint density at radius 1 is 1.19 bits per heavy atom. The summed E-state index contributed by atoms with van der Waals surface area (Å²) in [6, 6.07) is 11.1. The van der Waals surface area contributed by atoms with Crippen LogP contribution in [0.25, 0.3) is 17.4 Å². The number of carbonyl (C=O) groups excluding carboxylic acids is 2. The SMILES string of the molecule is O=C(O)CCCN1C(=O)S/C(=C/c2ccc(-c3ccc(Br)cc3)o2)C1=O. The van der Waals surface area contributed by atoms with Crippen LogP contribution in [0, 0.1) is 0 Å². The number of hydrogen-bond acceptors (Lipinski definition) is 5. The van der Waals surface area contributed by atoms with Gasteiger partial charge in [-0.2, -0.15) is 0 Å². The topological polar surface area (TPSA) is 87.8 Å². The molecule has 1 aromatic carbocycles. The molecule has 2 amide bonds. The van der Waals surface area contributed by atoms with E-state index in [0.29, 0.717) is 11.5 Å². The third-order valence-electron chi connectivity index (χ3n) is 3.67. The van der Waals surface area contributed by atoms with Gasteiger partial charge in [-0.3, -0.25) is 19.3 Å². The van der Waals surface area contributed by atoms with Crippen molar-refractivity contribution in [3.05, 3.63) is 51.5 Å². The summed E-state index contributed by atoms with van der Waals surface area (Å²) in [6.07, 6.45) is 1.68. The standard InChI is InChI=1S/C18H14BrNO5S/c19-12-5-3-11(4-6-12)14-8-7-13(25-14)10-15-17(23)20(18(24)26-15)9-1-2-16(21)22/h3-8,10H,1-2,9H2,(H,21,22)/b15-10+. The van der Waals surface area contributed by atoms with Crippen LogP contribution >= 0.6 is 27.7 Å². The average molecular weight is 436 g/mol. The van der Waals surface area contributed by atoms with E-state index in [2.05, 4.69) is 15.9 Å². The van der Waals surface area contributed by atoms with Gasteiger partial charge >= 0.3 is 5.97 Å². The molecule has 0 spiro atoms. The molecular formula is C18H14BrNO5S. The summed E-state index contributed by atoms with van der Waals surface area (Å²) in [7, 11) is 0. The van der Waals surface area contributed by atoms with Gasteiger partial charge in [0.1, 0.15) is 11.5 Å². The number of carbonyl (C=O) groups is 3. The number of nitrogens with zero attached hydrogens (tertiary/aromatic N) is 1. The maximum atomic E-state index is 12.3. The number of benzene rings is 1. The lowest BCUT2D eigenvalue weighted by Crippen LogP contribution is -2.29. The minimum atomic E-state index is -0.955. The van der Waals surface area contributed by atoms with Gasteiger partial charge in [-0.1, -0.05) is 28.1 Å². The maximum Gasteiger partial charge on any atom is 0.303 e. The first kappa shape index (κ1) is 18.5. The zero-order valence-electron chi connectivity index (χ0n) is 13.5. The predicted molar refractivity (Wildman–Crippen MR) is 101 cm³/mol.